The van der Waals surface area contributed by atoms with E-state index in [2.05, 4.69) is 5.10 Å². The van der Waals surface area contributed by atoms with Gasteiger partial charge in [0.25, 0.3) is 0 Å². The lowest BCUT2D eigenvalue weighted by atomic mass is 9.99. The second-order valence-electron chi connectivity index (χ2n) is 4.55. The molecule has 2 atom stereocenters. The van der Waals surface area contributed by atoms with Gasteiger partial charge >= 0.3 is 0 Å². The molecule has 0 bridgehead atoms. The van der Waals surface area contributed by atoms with Gasteiger partial charge in [0.2, 0.25) is 10.0 Å². The van der Waals surface area contributed by atoms with Crippen molar-refractivity contribution in [2.75, 3.05) is 13.1 Å². The van der Waals surface area contributed by atoms with Gasteiger partial charge in [0.05, 0.1) is 12.3 Å². The molecule has 1 aromatic heterocycles. The van der Waals surface area contributed by atoms with E-state index in [1.165, 1.54) is 21.4 Å². The number of piperidine rings is 1. The van der Waals surface area contributed by atoms with E-state index in [4.69, 9.17) is 0 Å². The lowest BCUT2D eigenvalue weighted by Gasteiger charge is -2.33. The van der Waals surface area contributed by atoms with E-state index in [1.807, 2.05) is 6.92 Å². The van der Waals surface area contributed by atoms with Crippen molar-refractivity contribution in [3.8, 4) is 0 Å². The van der Waals surface area contributed by atoms with Gasteiger partial charge in [-0.25, -0.2) is 8.42 Å². The maximum absolute atomic E-state index is 12.2. The first kappa shape index (κ1) is 12.5. The Balaban J connectivity index is 2.22. The summed E-state index contributed by atoms with van der Waals surface area (Å²) in [6.07, 6.45) is 2.92. The average molecular weight is 259 g/mol. The number of aryl methyl sites for hydroxylation is 1. The van der Waals surface area contributed by atoms with Gasteiger partial charge in [-0.2, -0.15) is 9.40 Å². The number of aromatic nitrogens is 2. The SMILES string of the molecule is CC1CN(S(=O)(=O)c2cnn(C)c2)CCC1O. The zero-order valence-corrected chi connectivity index (χ0v) is 10.8. The molecule has 96 valence electrons. The van der Waals surface area contributed by atoms with E-state index in [0.29, 0.717) is 19.5 Å². The van der Waals surface area contributed by atoms with Gasteiger partial charge in [-0.1, -0.05) is 6.92 Å². The third-order valence-electron chi connectivity index (χ3n) is 3.14. The highest BCUT2D eigenvalue weighted by atomic mass is 32.2. The third-order valence-corrected chi connectivity index (χ3v) is 4.96. The molecule has 1 N–H and O–H groups in total. The van der Waals surface area contributed by atoms with Gasteiger partial charge in [-0.05, 0) is 12.3 Å². The molecule has 1 aliphatic heterocycles. The smallest absolute Gasteiger partial charge is 0.246 e. The van der Waals surface area contributed by atoms with Crippen molar-refractivity contribution in [1.29, 1.82) is 0 Å². The molecule has 0 aliphatic carbocycles. The summed E-state index contributed by atoms with van der Waals surface area (Å²) in [5, 5.41) is 13.5. The fraction of sp³-hybridized carbons (Fsp3) is 0.700. The van der Waals surface area contributed by atoms with Crippen LogP contribution in [0.2, 0.25) is 0 Å². The van der Waals surface area contributed by atoms with Crippen LogP contribution in [-0.4, -0.2) is 46.8 Å². The lowest BCUT2D eigenvalue weighted by molar-refractivity contribution is 0.0628. The molecule has 1 aromatic rings. The molecule has 1 saturated heterocycles. The normalized spacial score (nSPS) is 27.2. The summed E-state index contributed by atoms with van der Waals surface area (Å²) < 4.78 is 27.4. The number of rotatable bonds is 2. The van der Waals surface area contributed by atoms with E-state index in [0.717, 1.165) is 0 Å². The van der Waals surface area contributed by atoms with Crippen LogP contribution in [0.15, 0.2) is 17.3 Å². The summed E-state index contributed by atoms with van der Waals surface area (Å²) in [7, 11) is -1.78. The van der Waals surface area contributed by atoms with Gasteiger partial charge in [0.15, 0.2) is 0 Å². The first-order valence-electron chi connectivity index (χ1n) is 5.58. The Kier molecular flexibility index (Phi) is 3.24. The minimum atomic E-state index is -3.46. The minimum Gasteiger partial charge on any atom is -0.393 e. The molecule has 1 fully saturated rings. The molecule has 0 saturated carbocycles. The summed E-state index contributed by atoms with van der Waals surface area (Å²) in [6, 6.07) is 0. The molecule has 2 heterocycles. The topological polar surface area (TPSA) is 75.4 Å². The molecular formula is C10H17N3O3S. The van der Waals surface area contributed by atoms with Gasteiger partial charge in [0.1, 0.15) is 4.90 Å². The minimum absolute atomic E-state index is 0.0322. The van der Waals surface area contributed by atoms with Crippen LogP contribution in [-0.2, 0) is 17.1 Å². The number of aliphatic hydroxyl groups is 1. The predicted molar refractivity (Wildman–Crippen MR) is 61.8 cm³/mol. The van der Waals surface area contributed by atoms with E-state index in [1.54, 1.807) is 7.05 Å². The molecule has 2 unspecified atom stereocenters. The van der Waals surface area contributed by atoms with E-state index < -0.39 is 16.1 Å². The number of sulfonamides is 1. The van der Waals surface area contributed by atoms with Crippen molar-refractivity contribution in [2.45, 2.75) is 24.3 Å². The van der Waals surface area contributed by atoms with Gasteiger partial charge in [0, 0.05) is 26.3 Å². The lowest BCUT2D eigenvalue weighted by Crippen LogP contribution is -2.44. The first-order valence-corrected chi connectivity index (χ1v) is 7.02. The van der Waals surface area contributed by atoms with Crippen LogP contribution in [0.25, 0.3) is 0 Å². The van der Waals surface area contributed by atoms with Crippen LogP contribution < -0.4 is 0 Å². The molecule has 6 nitrogen and oxygen atoms in total. The number of nitrogens with zero attached hydrogens (tertiary/aromatic N) is 3. The van der Waals surface area contributed by atoms with Gasteiger partial charge in [-0.3, -0.25) is 4.68 Å². The number of hydrogen-bond donors (Lipinski definition) is 1. The standard InChI is InChI=1S/C10H17N3O3S/c1-8-6-13(4-3-10(8)14)17(15,16)9-5-11-12(2)7-9/h5,7-8,10,14H,3-4,6H2,1-2H3. The van der Waals surface area contributed by atoms with Crippen molar-refractivity contribution >= 4 is 10.0 Å². The van der Waals surface area contributed by atoms with Crippen LogP contribution in [0.5, 0.6) is 0 Å². The average Bonchev–Trinajstić information content (AvgIpc) is 2.69. The summed E-state index contributed by atoms with van der Waals surface area (Å²) in [5.74, 6) is -0.0322. The Morgan fingerprint density at radius 3 is 2.76 bits per heavy atom. The Morgan fingerprint density at radius 1 is 1.53 bits per heavy atom. The molecular weight excluding hydrogens is 242 g/mol. The van der Waals surface area contributed by atoms with E-state index in [9.17, 15) is 13.5 Å². The molecule has 2 rings (SSSR count). The zero-order chi connectivity index (χ0) is 12.6. The molecule has 0 aromatic carbocycles. The highest BCUT2D eigenvalue weighted by molar-refractivity contribution is 7.89. The molecule has 7 heteroatoms. The fourth-order valence-electron chi connectivity index (χ4n) is 1.99. The zero-order valence-electron chi connectivity index (χ0n) is 9.94. The first-order chi connectivity index (χ1) is 7.91. The van der Waals surface area contributed by atoms with Crippen molar-refractivity contribution in [2.24, 2.45) is 13.0 Å². The van der Waals surface area contributed by atoms with Crippen LogP contribution in [0.3, 0.4) is 0 Å². The third kappa shape index (κ3) is 2.36. The fourth-order valence-corrected chi connectivity index (χ4v) is 3.54. The Hall–Kier alpha value is -0.920. The van der Waals surface area contributed by atoms with E-state index in [-0.39, 0.29) is 10.8 Å². The molecule has 0 radical (unpaired) electrons. The highest BCUT2D eigenvalue weighted by Crippen LogP contribution is 2.23. The van der Waals surface area contributed by atoms with Crippen molar-refractivity contribution in [3.05, 3.63) is 12.4 Å². The Bertz CT molecular complexity index is 497. The molecule has 0 amide bonds. The Labute approximate surface area is 101 Å². The summed E-state index contributed by atoms with van der Waals surface area (Å²) in [6.45, 7) is 2.58. The van der Waals surface area contributed by atoms with Crippen molar-refractivity contribution in [1.82, 2.24) is 14.1 Å². The molecule has 1 aliphatic rings. The second-order valence-corrected chi connectivity index (χ2v) is 6.48. The highest BCUT2D eigenvalue weighted by Gasteiger charge is 2.33. The quantitative estimate of drug-likeness (QED) is 0.799. The van der Waals surface area contributed by atoms with Crippen LogP contribution in [0, 0.1) is 5.92 Å². The van der Waals surface area contributed by atoms with Crippen molar-refractivity contribution < 1.29 is 13.5 Å². The molecule has 17 heavy (non-hydrogen) atoms. The summed E-state index contributed by atoms with van der Waals surface area (Å²) >= 11 is 0. The van der Waals surface area contributed by atoms with Gasteiger partial charge < -0.3 is 5.11 Å². The maximum atomic E-state index is 12.2. The Morgan fingerprint density at radius 2 is 2.24 bits per heavy atom. The number of hydrogen-bond acceptors (Lipinski definition) is 4. The largest absolute Gasteiger partial charge is 0.393 e. The van der Waals surface area contributed by atoms with Gasteiger partial charge in [-0.15, -0.1) is 0 Å². The van der Waals surface area contributed by atoms with Crippen LogP contribution in [0.1, 0.15) is 13.3 Å². The maximum Gasteiger partial charge on any atom is 0.246 e. The second kappa shape index (κ2) is 4.40. The van der Waals surface area contributed by atoms with Crippen molar-refractivity contribution in [3.63, 3.8) is 0 Å². The number of aliphatic hydroxyl groups excluding tert-OH is 1. The predicted octanol–water partition coefficient (Wildman–Crippen LogP) is -0.189. The summed E-state index contributed by atoms with van der Waals surface area (Å²) in [5.41, 5.74) is 0. The summed E-state index contributed by atoms with van der Waals surface area (Å²) in [4.78, 5) is 0.212. The molecule has 0 spiro atoms. The monoisotopic (exact) mass is 259 g/mol. The van der Waals surface area contributed by atoms with Crippen LogP contribution in [0.4, 0.5) is 0 Å². The van der Waals surface area contributed by atoms with E-state index >= 15 is 0 Å². The van der Waals surface area contributed by atoms with Crippen LogP contribution >= 0.6 is 0 Å².